The number of benzene rings is 1. The van der Waals surface area contributed by atoms with Gasteiger partial charge in [-0.25, -0.2) is 12.8 Å². The van der Waals surface area contributed by atoms with Crippen molar-refractivity contribution >= 4 is 10.0 Å². The van der Waals surface area contributed by atoms with Crippen LogP contribution in [0.15, 0.2) is 17.0 Å². The van der Waals surface area contributed by atoms with Gasteiger partial charge < -0.3 is 5.11 Å². The van der Waals surface area contributed by atoms with Crippen LogP contribution in [-0.4, -0.2) is 30.4 Å². The normalized spacial score (nSPS) is 13.8. The summed E-state index contributed by atoms with van der Waals surface area (Å²) in [5.74, 6) is -0.557. The first kappa shape index (κ1) is 17.1. The van der Waals surface area contributed by atoms with Gasteiger partial charge in [-0.05, 0) is 38.0 Å². The molecule has 0 aliphatic heterocycles. The largest absolute Gasteiger partial charge is 0.392 e. The monoisotopic (exact) mass is 303 g/mol. The van der Waals surface area contributed by atoms with Gasteiger partial charge in [0.05, 0.1) is 11.5 Å². The zero-order valence-corrected chi connectivity index (χ0v) is 13.2. The molecular weight excluding hydrogens is 281 g/mol. The molecule has 0 aromatic heterocycles. The van der Waals surface area contributed by atoms with E-state index in [2.05, 4.69) is 0 Å². The van der Waals surface area contributed by atoms with E-state index < -0.39 is 22.4 Å². The molecule has 0 heterocycles. The lowest BCUT2D eigenvalue weighted by Gasteiger charge is -2.26. The molecule has 1 unspecified atom stereocenters. The van der Waals surface area contributed by atoms with E-state index in [1.54, 1.807) is 6.92 Å². The van der Waals surface area contributed by atoms with Gasteiger partial charge in [-0.3, -0.25) is 0 Å². The molecule has 0 fully saturated rings. The molecule has 0 aliphatic carbocycles. The predicted octanol–water partition coefficient (Wildman–Crippen LogP) is 2.44. The number of aryl methyl sites for hydroxylation is 1. The minimum atomic E-state index is -3.68. The summed E-state index contributed by atoms with van der Waals surface area (Å²) in [5, 5.41) is 9.14. The van der Waals surface area contributed by atoms with Crippen LogP contribution in [0.2, 0.25) is 0 Å². The standard InChI is InChI=1S/C14H22FNO3S/c1-5-11(4)16(6-2)20(18,19)13-7-10(3)14(15)12(8-13)9-17/h7-8,11,17H,5-6,9H2,1-4H3. The summed E-state index contributed by atoms with van der Waals surface area (Å²) in [5.41, 5.74) is 0.221. The van der Waals surface area contributed by atoms with Crippen molar-refractivity contribution in [2.45, 2.75) is 51.7 Å². The first-order valence-corrected chi connectivity index (χ1v) is 8.15. The van der Waals surface area contributed by atoms with Crippen molar-refractivity contribution in [1.29, 1.82) is 0 Å². The SMILES string of the molecule is CCC(C)N(CC)S(=O)(=O)c1cc(C)c(F)c(CO)c1. The van der Waals surface area contributed by atoms with E-state index >= 15 is 0 Å². The second-order valence-corrected chi connectivity index (χ2v) is 6.73. The summed E-state index contributed by atoms with van der Waals surface area (Å²) >= 11 is 0. The minimum Gasteiger partial charge on any atom is -0.392 e. The Morgan fingerprint density at radius 3 is 2.40 bits per heavy atom. The first-order chi connectivity index (χ1) is 9.29. The number of aliphatic hydroxyl groups excluding tert-OH is 1. The second-order valence-electron chi connectivity index (χ2n) is 4.84. The van der Waals surface area contributed by atoms with Crippen molar-refractivity contribution in [1.82, 2.24) is 4.31 Å². The lowest BCUT2D eigenvalue weighted by molar-refractivity contribution is 0.275. The van der Waals surface area contributed by atoms with Crippen LogP contribution in [0.5, 0.6) is 0 Å². The van der Waals surface area contributed by atoms with Crippen LogP contribution >= 0.6 is 0 Å². The van der Waals surface area contributed by atoms with Gasteiger partial charge in [0.15, 0.2) is 0 Å². The highest BCUT2D eigenvalue weighted by molar-refractivity contribution is 7.89. The van der Waals surface area contributed by atoms with Crippen LogP contribution in [-0.2, 0) is 16.6 Å². The lowest BCUT2D eigenvalue weighted by Crippen LogP contribution is -2.38. The van der Waals surface area contributed by atoms with Crippen LogP contribution in [0.4, 0.5) is 4.39 Å². The first-order valence-electron chi connectivity index (χ1n) is 6.71. The van der Waals surface area contributed by atoms with Gasteiger partial charge in [0.2, 0.25) is 10.0 Å². The van der Waals surface area contributed by atoms with Crippen LogP contribution in [0.1, 0.15) is 38.3 Å². The maximum absolute atomic E-state index is 13.7. The summed E-state index contributed by atoms with van der Waals surface area (Å²) in [6.07, 6.45) is 0.695. The fraction of sp³-hybridized carbons (Fsp3) is 0.571. The smallest absolute Gasteiger partial charge is 0.243 e. The van der Waals surface area contributed by atoms with E-state index in [0.29, 0.717) is 13.0 Å². The molecule has 4 nitrogen and oxygen atoms in total. The number of halogens is 1. The molecule has 6 heteroatoms. The van der Waals surface area contributed by atoms with E-state index in [1.165, 1.54) is 23.4 Å². The fourth-order valence-electron chi connectivity index (χ4n) is 2.13. The van der Waals surface area contributed by atoms with Gasteiger partial charge in [0.1, 0.15) is 5.82 Å². The summed E-state index contributed by atoms with van der Waals surface area (Å²) < 4.78 is 40.3. The molecule has 1 rings (SSSR count). The second kappa shape index (κ2) is 6.65. The molecule has 0 spiro atoms. The Kier molecular flexibility index (Phi) is 5.68. The van der Waals surface area contributed by atoms with Gasteiger partial charge in [-0.15, -0.1) is 0 Å². The van der Waals surface area contributed by atoms with Gasteiger partial charge in [-0.1, -0.05) is 13.8 Å². The molecule has 0 radical (unpaired) electrons. The molecule has 1 N–H and O–H groups in total. The van der Waals surface area contributed by atoms with E-state index in [0.717, 1.165) is 0 Å². The summed E-state index contributed by atoms with van der Waals surface area (Å²) in [6.45, 7) is 6.84. The Labute approximate surface area is 120 Å². The molecule has 1 atom stereocenters. The highest BCUT2D eigenvalue weighted by Gasteiger charge is 2.28. The highest BCUT2D eigenvalue weighted by atomic mass is 32.2. The minimum absolute atomic E-state index is 0.00350. The number of nitrogens with zero attached hydrogens (tertiary/aromatic N) is 1. The van der Waals surface area contributed by atoms with E-state index in [-0.39, 0.29) is 22.1 Å². The van der Waals surface area contributed by atoms with E-state index in [1.807, 2.05) is 13.8 Å². The van der Waals surface area contributed by atoms with Crippen LogP contribution in [0.3, 0.4) is 0 Å². The topological polar surface area (TPSA) is 57.6 Å². The Hall–Kier alpha value is -0.980. The van der Waals surface area contributed by atoms with E-state index in [9.17, 15) is 12.8 Å². The van der Waals surface area contributed by atoms with Crippen LogP contribution < -0.4 is 0 Å². The van der Waals surface area contributed by atoms with Crippen LogP contribution in [0.25, 0.3) is 0 Å². The molecule has 0 aliphatic rings. The number of hydrogen-bond acceptors (Lipinski definition) is 3. The molecule has 20 heavy (non-hydrogen) atoms. The maximum Gasteiger partial charge on any atom is 0.243 e. The van der Waals surface area contributed by atoms with Gasteiger partial charge >= 0.3 is 0 Å². The summed E-state index contributed by atoms with van der Waals surface area (Å²) in [4.78, 5) is 0.0302. The maximum atomic E-state index is 13.7. The predicted molar refractivity (Wildman–Crippen MR) is 76.4 cm³/mol. The van der Waals surface area contributed by atoms with Crippen molar-refractivity contribution in [3.63, 3.8) is 0 Å². The Morgan fingerprint density at radius 1 is 1.35 bits per heavy atom. The lowest BCUT2D eigenvalue weighted by atomic mass is 10.1. The third kappa shape index (κ3) is 3.19. The van der Waals surface area contributed by atoms with Crippen molar-refractivity contribution in [3.8, 4) is 0 Å². The molecule has 0 bridgehead atoms. The molecule has 1 aromatic carbocycles. The molecule has 1 aromatic rings. The third-order valence-electron chi connectivity index (χ3n) is 3.47. The quantitative estimate of drug-likeness (QED) is 0.878. The van der Waals surface area contributed by atoms with Crippen LogP contribution in [0, 0.1) is 12.7 Å². The van der Waals surface area contributed by atoms with E-state index in [4.69, 9.17) is 5.11 Å². The molecular formula is C14H22FNO3S. The number of sulfonamides is 1. The average Bonchev–Trinajstić information content (AvgIpc) is 2.41. The van der Waals surface area contributed by atoms with Crippen molar-refractivity contribution in [3.05, 3.63) is 29.1 Å². The van der Waals surface area contributed by atoms with Crippen molar-refractivity contribution < 1.29 is 17.9 Å². The fourth-order valence-corrected chi connectivity index (χ4v) is 3.98. The number of hydrogen-bond donors (Lipinski definition) is 1. The number of rotatable bonds is 6. The van der Waals surface area contributed by atoms with Gasteiger partial charge in [0, 0.05) is 18.2 Å². The Balaban J connectivity index is 3.38. The van der Waals surface area contributed by atoms with Crippen molar-refractivity contribution in [2.75, 3.05) is 6.54 Å². The Morgan fingerprint density at radius 2 is 1.95 bits per heavy atom. The zero-order valence-electron chi connectivity index (χ0n) is 12.4. The molecule has 0 saturated carbocycles. The van der Waals surface area contributed by atoms with Gasteiger partial charge in [-0.2, -0.15) is 4.31 Å². The third-order valence-corrected chi connectivity index (χ3v) is 5.54. The molecule has 114 valence electrons. The van der Waals surface area contributed by atoms with Crippen molar-refractivity contribution in [2.24, 2.45) is 0 Å². The summed E-state index contributed by atoms with van der Waals surface area (Å²) in [6, 6.07) is 2.39. The Bertz CT molecular complexity index is 572. The number of aliphatic hydroxyl groups is 1. The molecule has 0 amide bonds. The highest BCUT2D eigenvalue weighted by Crippen LogP contribution is 2.24. The average molecular weight is 303 g/mol. The van der Waals surface area contributed by atoms with Gasteiger partial charge in [0.25, 0.3) is 0 Å². The summed E-state index contributed by atoms with van der Waals surface area (Å²) in [7, 11) is -3.68. The molecule has 0 saturated heterocycles. The zero-order chi connectivity index (χ0) is 15.5.